The number of rotatable bonds is 8. The molecule has 0 aromatic rings. The Kier molecular flexibility index (Phi) is 7.20. The molecule has 0 heterocycles. The second-order valence-electron chi connectivity index (χ2n) is 5.03. The van der Waals surface area contributed by atoms with Gasteiger partial charge in [0.05, 0.1) is 0 Å². The Morgan fingerprint density at radius 1 is 1.27 bits per heavy atom. The minimum absolute atomic E-state index is 0.185. The van der Waals surface area contributed by atoms with Gasteiger partial charge in [-0.25, -0.2) is 0 Å². The van der Waals surface area contributed by atoms with Crippen molar-refractivity contribution >= 4 is 0 Å². The van der Waals surface area contributed by atoms with E-state index in [1.165, 1.54) is 32.1 Å². The van der Waals surface area contributed by atoms with E-state index in [4.69, 9.17) is 5.73 Å². The van der Waals surface area contributed by atoms with Crippen LogP contribution in [0.15, 0.2) is 0 Å². The third-order valence-electron chi connectivity index (χ3n) is 3.86. The van der Waals surface area contributed by atoms with E-state index in [0.717, 1.165) is 6.54 Å². The molecule has 0 saturated heterocycles. The van der Waals surface area contributed by atoms with Crippen molar-refractivity contribution in [3.05, 3.63) is 0 Å². The van der Waals surface area contributed by atoms with E-state index in [-0.39, 0.29) is 5.54 Å². The second kappa shape index (κ2) is 7.24. The van der Waals surface area contributed by atoms with Crippen molar-refractivity contribution in [2.24, 2.45) is 5.73 Å². The highest BCUT2D eigenvalue weighted by Gasteiger charge is 2.29. The third kappa shape index (κ3) is 4.52. The van der Waals surface area contributed by atoms with Crippen LogP contribution in [0.4, 0.5) is 0 Å². The van der Waals surface area contributed by atoms with Gasteiger partial charge in [-0.1, -0.05) is 33.1 Å². The van der Waals surface area contributed by atoms with Crippen molar-refractivity contribution < 1.29 is 0 Å². The van der Waals surface area contributed by atoms with Gasteiger partial charge >= 0.3 is 0 Å². The first-order chi connectivity index (χ1) is 7.01. The molecule has 0 fully saturated rings. The van der Waals surface area contributed by atoms with Crippen LogP contribution in [-0.4, -0.2) is 30.1 Å². The summed E-state index contributed by atoms with van der Waals surface area (Å²) in [5.74, 6) is 0. The average molecular weight is 214 g/mol. The molecule has 0 amide bonds. The van der Waals surface area contributed by atoms with Crippen molar-refractivity contribution in [2.45, 2.75) is 71.4 Å². The lowest BCUT2D eigenvalue weighted by molar-refractivity contribution is 0.0874. The van der Waals surface area contributed by atoms with Crippen LogP contribution in [0.25, 0.3) is 0 Å². The first kappa shape index (κ1) is 14.9. The standard InChI is InChI=1S/C13H30N2/c1-6-8-9-10-13(4,11-14)15(5)12(3)7-2/h12H,6-11,14H2,1-5H3. The Balaban J connectivity index is 4.26. The first-order valence-electron chi connectivity index (χ1n) is 6.44. The van der Waals surface area contributed by atoms with Gasteiger partial charge in [-0.05, 0) is 33.7 Å². The summed E-state index contributed by atoms with van der Waals surface area (Å²) in [5.41, 5.74) is 6.13. The highest BCUT2D eigenvalue weighted by Crippen LogP contribution is 2.23. The zero-order valence-electron chi connectivity index (χ0n) is 11.3. The van der Waals surface area contributed by atoms with E-state index < -0.39 is 0 Å². The number of nitrogens with two attached hydrogens (primary N) is 1. The Morgan fingerprint density at radius 2 is 1.87 bits per heavy atom. The normalized spacial score (nSPS) is 17.8. The molecule has 2 nitrogen and oxygen atoms in total. The zero-order chi connectivity index (χ0) is 11.9. The molecule has 2 N–H and O–H groups in total. The smallest absolute Gasteiger partial charge is 0.0303 e. The fraction of sp³-hybridized carbons (Fsp3) is 1.00. The second-order valence-corrected chi connectivity index (χ2v) is 5.03. The highest BCUT2D eigenvalue weighted by atomic mass is 15.2. The van der Waals surface area contributed by atoms with E-state index >= 15 is 0 Å². The maximum atomic E-state index is 5.94. The predicted molar refractivity (Wildman–Crippen MR) is 69.1 cm³/mol. The van der Waals surface area contributed by atoms with E-state index in [1.54, 1.807) is 0 Å². The molecule has 2 unspecified atom stereocenters. The lowest BCUT2D eigenvalue weighted by atomic mass is 9.91. The molecule has 2 heteroatoms. The van der Waals surface area contributed by atoms with Gasteiger partial charge in [0.15, 0.2) is 0 Å². The van der Waals surface area contributed by atoms with Crippen LogP contribution in [0.2, 0.25) is 0 Å². The molecule has 0 aromatic carbocycles. The maximum absolute atomic E-state index is 5.94. The zero-order valence-corrected chi connectivity index (χ0v) is 11.3. The van der Waals surface area contributed by atoms with Crippen molar-refractivity contribution in [2.75, 3.05) is 13.6 Å². The molecule has 0 spiro atoms. The number of hydrogen-bond acceptors (Lipinski definition) is 2. The third-order valence-corrected chi connectivity index (χ3v) is 3.86. The molecule has 0 aliphatic rings. The average Bonchev–Trinajstić information content (AvgIpc) is 2.27. The van der Waals surface area contributed by atoms with Gasteiger partial charge in [-0.15, -0.1) is 0 Å². The summed E-state index contributed by atoms with van der Waals surface area (Å²) in [6.45, 7) is 9.84. The van der Waals surface area contributed by atoms with Crippen molar-refractivity contribution in [1.29, 1.82) is 0 Å². The predicted octanol–water partition coefficient (Wildman–Crippen LogP) is 3.01. The minimum atomic E-state index is 0.185. The number of likely N-dealkylation sites (N-methyl/N-ethyl adjacent to an activating group) is 1. The van der Waals surface area contributed by atoms with Crippen LogP contribution in [0.5, 0.6) is 0 Å². The molecule has 2 atom stereocenters. The molecule has 0 aromatic heterocycles. The highest BCUT2D eigenvalue weighted by molar-refractivity contribution is 4.87. The molecule has 0 bridgehead atoms. The Hall–Kier alpha value is -0.0800. The molecule has 0 aliphatic heterocycles. The first-order valence-corrected chi connectivity index (χ1v) is 6.44. The van der Waals surface area contributed by atoms with E-state index in [0.29, 0.717) is 6.04 Å². The maximum Gasteiger partial charge on any atom is 0.0303 e. The molecule has 0 aliphatic carbocycles. The van der Waals surface area contributed by atoms with Crippen molar-refractivity contribution in [3.8, 4) is 0 Å². The van der Waals surface area contributed by atoms with E-state index in [1.807, 2.05) is 0 Å². The van der Waals surface area contributed by atoms with Gasteiger partial charge in [0.2, 0.25) is 0 Å². The SMILES string of the molecule is CCCCCC(C)(CN)N(C)C(C)CC. The topological polar surface area (TPSA) is 29.3 Å². The van der Waals surface area contributed by atoms with Gasteiger partial charge in [0.1, 0.15) is 0 Å². The van der Waals surface area contributed by atoms with Crippen LogP contribution in [0.3, 0.4) is 0 Å². The lowest BCUT2D eigenvalue weighted by Gasteiger charge is -2.42. The van der Waals surface area contributed by atoms with Gasteiger partial charge in [0.25, 0.3) is 0 Å². The molecular formula is C13H30N2. The fourth-order valence-corrected chi connectivity index (χ4v) is 1.98. The van der Waals surface area contributed by atoms with Crippen LogP contribution in [0.1, 0.15) is 59.8 Å². The summed E-state index contributed by atoms with van der Waals surface area (Å²) in [4.78, 5) is 2.46. The summed E-state index contributed by atoms with van der Waals surface area (Å²) < 4.78 is 0. The number of unbranched alkanes of at least 4 members (excludes halogenated alkanes) is 2. The van der Waals surface area contributed by atoms with Crippen LogP contribution >= 0.6 is 0 Å². The van der Waals surface area contributed by atoms with Gasteiger partial charge in [0, 0.05) is 18.1 Å². The largest absolute Gasteiger partial charge is 0.329 e. The van der Waals surface area contributed by atoms with E-state index in [2.05, 4.69) is 39.6 Å². The number of nitrogens with zero attached hydrogens (tertiary/aromatic N) is 1. The van der Waals surface area contributed by atoms with Crippen LogP contribution in [-0.2, 0) is 0 Å². The van der Waals surface area contributed by atoms with Crippen LogP contribution in [0, 0.1) is 0 Å². The van der Waals surface area contributed by atoms with E-state index in [9.17, 15) is 0 Å². The molecular weight excluding hydrogens is 184 g/mol. The minimum Gasteiger partial charge on any atom is -0.329 e. The summed E-state index contributed by atoms with van der Waals surface area (Å²) >= 11 is 0. The molecule has 0 saturated carbocycles. The molecule has 15 heavy (non-hydrogen) atoms. The Bertz CT molecular complexity index is 159. The van der Waals surface area contributed by atoms with Crippen molar-refractivity contribution in [3.63, 3.8) is 0 Å². The van der Waals surface area contributed by atoms with Gasteiger partial charge < -0.3 is 5.73 Å². The van der Waals surface area contributed by atoms with Gasteiger partial charge in [-0.2, -0.15) is 0 Å². The molecule has 0 rings (SSSR count). The monoisotopic (exact) mass is 214 g/mol. The summed E-state index contributed by atoms with van der Waals surface area (Å²) in [5, 5.41) is 0. The Labute approximate surface area is 96.2 Å². The molecule has 0 radical (unpaired) electrons. The van der Waals surface area contributed by atoms with Crippen molar-refractivity contribution in [1.82, 2.24) is 4.90 Å². The lowest BCUT2D eigenvalue weighted by Crippen LogP contribution is -2.53. The van der Waals surface area contributed by atoms with Crippen LogP contribution < -0.4 is 5.73 Å². The fourth-order valence-electron chi connectivity index (χ4n) is 1.98. The Morgan fingerprint density at radius 3 is 2.27 bits per heavy atom. The van der Waals surface area contributed by atoms with Gasteiger partial charge in [-0.3, -0.25) is 4.90 Å². The number of hydrogen-bond donors (Lipinski definition) is 1. The summed E-state index contributed by atoms with van der Waals surface area (Å²) in [6, 6.07) is 0.625. The quantitative estimate of drug-likeness (QED) is 0.629. The summed E-state index contributed by atoms with van der Waals surface area (Å²) in [6.07, 6.45) is 6.32. The summed E-state index contributed by atoms with van der Waals surface area (Å²) in [7, 11) is 2.22. The molecule has 92 valence electrons.